The van der Waals surface area contributed by atoms with Gasteiger partial charge < -0.3 is 19.3 Å². The van der Waals surface area contributed by atoms with E-state index in [9.17, 15) is 9.90 Å². The predicted molar refractivity (Wildman–Crippen MR) is 71.3 cm³/mol. The summed E-state index contributed by atoms with van der Waals surface area (Å²) in [5.41, 5.74) is 1.64. The van der Waals surface area contributed by atoms with E-state index in [1.807, 2.05) is 42.1 Å². The molecular formula is C14H12N2O4. The Bertz CT molecular complexity index is 801. The fraction of sp³-hybridized carbons (Fsp3) is 0.143. The fourth-order valence-electron chi connectivity index (χ4n) is 2.36. The highest BCUT2D eigenvalue weighted by atomic mass is 16.5. The Hall–Kier alpha value is -2.60. The third-order valence-electron chi connectivity index (χ3n) is 3.29. The van der Waals surface area contributed by atoms with Crippen molar-refractivity contribution in [2.45, 2.75) is 6.61 Å². The SMILES string of the molecule is Cn1cc(-c2onc(C(=O)O)c2CO)c2ccccc21. The number of carboxylic acids is 1. The molecule has 0 unspecified atom stereocenters. The van der Waals surface area contributed by atoms with Crippen LogP contribution in [0, 0.1) is 0 Å². The number of hydrogen-bond donors (Lipinski definition) is 2. The zero-order valence-corrected chi connectivity index (χ0v) is 10.7. The van der Waals surface area contributed by atoms with Gasteiger partial charge in [-0.15, -0.1) is 0 Å². The van der Waals surface area contributed by atoms with Crippen LogP contribution < -0.4 is 0 Å². The molecular weight excluding hydrogens is 260 g/mol. The molecule has 3 aromatic rings. The standard InChI is InChI=1S/C14H12N2O4/c1-16-6-9(8-4-2-3-5-11(8)16)13-10(7-17)12(14(18)19)15-20-13/h2-6,17H,7H2,1H3,(H,18,19). The van der Waals surface area contributed by atoms with Crippen molar-refractivity contribution in [3.63, 3.8) is 0 Å². The van der Waals surface area contributed by atoms with Crippen LogP contribution in [0.1, 0.15) is 16.1 Å². The Morgan fingerprint density at radius 1 is 1.40 bits per heavy atom. The van der Waals surface area contributed by atoms with E-state index in [4.69, 9.17) is 9.63 Å². The topological polar surface area (TPSA) is 88.5 Å². The van der Waals surface area contributed by atoms with Gasteiger partial charge in [0, 0.05) is 29.7 Å². The lowest BCUT2D eigenvalue weighted by atomic mass is 10.1. The van der Waals surface area contributed by atoms with Crippen molar-refractivity contribution in [2.75, 3.05) is 0 Å². The van der Waals surface area contributed by atoms with Crippen molar-refractivity contribution in [3.8, 4) is 11.3 Å². The van der Waals surface area contributed by atoms with Gasteiger partial charge >= 0.3 is 5.97 Å². The molecule has 3 rings (SSSR count). The van der Waals surface area contributed by atoms with Crippen LogP contribution in [0.4, 0.5) is 0 Å². The average molecular weight is 272 g/mol. The highest BCUT2D eigenvalue weighted by Gasteiger charge is 2.23. The highest BCUT2D eigenvalue weighted by Crippen LogP contribution is 2.33. The summed E-state index contributed by atoms with van der Waals surface area (Å²) in [7, 11) is 1.89. The molecule has 0 aliphatic rings. The lowest BCUT2D eigenvalue weighted by molar-refractivity contribution is 0.0682. The molecule has 0 saturated carbocycles. The van der Waals surface area contributed by atoms with Gasteiger partial charge in [-0.1, -0.05) is 23.4 Å². The van der Waals surface area contributed by atoms with Gasteiger partial charge in [0.1, 0.15) is 0 Å². The van der Waals surface area contributed by atoms with E-state index in [-0.39, 0.29) is 11.3 Å². The number of aliphatic hydroxyl groups is 1. The molecule has 6 nitrogen and oxygen atoms in total. The summed E-state index contributed by atoms with van der Waals surface area (Å²) in [4.78, 5) is 11.1. The fourth-order valence-corrected chi connectivity index (χ4v) is 2.36. The number of rotatable bonds is 3. The minimum atomic E-state index is -1.22. The Morgan fingerprint density at radius 2 is 2.15 bits per heavy atom. The molecule has 0 aliphatic carbocycles. The van der Waals surface area contributed by atoms with Gasteiger partial charge in [-0.2, -0.15) is 0 Å². The Kier molecular flexibility index (Phi) is 2.80. The summed E-state index contributed by atoms with van der Waals surface area (Å²) in [5.74, 6) is -0.925. The van der Waals surface area contributed by atoms with Gasteiger partial charge in [0.2, 0.25) is 0 Å². The molecule has 1 aromatic carbocycles. The lowest BCUT2D eigenvalue weighted by Gasteiger charge is -1.97. The Labute approximate surface area is 113 Å². The van der Waals surface area contributed by atoms with Crippen molar-refractivity contribution in [3.05, 3.63) is 41.7 Å². The van der Waals surface area contributed by atoms with Crippen molar-refractivity contribution in [2.24, 2.45) is 7.05 Å². The first-order valence-electron chi connectivity index (χ1n) is 6.00. The molecule has 2 N–H and O–H groups in total. The number of para-hydroxylation sites is 1. The first kappa shape index (κ1) is 12.4. The molecule has 20 heavy (non-hydrogen) atoms. The van der Waals surface area contributed by atoms with Crippen LogP contribution >= 0.6 is 0 Å². The van der Waals surface area contributed by atoms with Crippen LogP contribution in [0.25, 0.3) is 22.2 Å². The van der Waals surface area contributed by atoms with Crippen molar-refractivity contribution >= 4 is 16.9 Å². The number of fused-ring (bicyclic) bond motifs is 1. The molecule has 0 radical (unpaired) electrons. The van der Waals surface area contributed by atoms with Crippen LogP contribution in [0.5, 0.6) is 0 Å². The lowest BCUT2D eigenvalue weighted by Crippen LogP contribution is -2.01. The van der Waals surface area contributed by atoms with E-state index in [2.05, 4.69) is 5.16 Å². The van der Waals surface area contributed by atoms with Crippen LogP contribution in [0.2, 0.25) is 0 Å². The molecule has 0 spiro atoms. The number of carbonyl (C=O) groups is 1. The number of nitrogens with zero attached hydrogens (tertiary/aromatic N) is 2. The molecule has 0 amide bonds. The first-order chi connectivity index (χ1) is 9.63. The minimum Gasteiger partial charge on any atom is -0.476 e. The predicted octanol–water partition coefficient (Wildman–Crippen LogP) is 2.02. The number of aromatic nitrogens is 2. The Morgan fingerprint density at radius 3 is 2.85 bits per heavy atom. The normalized spacial score (nSPS) is 11.1. The molecule has 2 aromatic heterocycles. The molecule has 2 heterocycles. The van der Waals surface area contributed by atoms with E-state index < -0.39 is 12.6 Å². The third-order valence-corrected chi connectivity index (χ3v) is 3.29. The Balaban J connectivity index is 2.29. The molecule has 0 saturated heterocycles. The first-order valence-corrected chi connectivity index (χ1v) is 6.00. The van der Waals surface area contributed by atoms with Gasteiger partial charge in [-0.25, -0.2) is 4.79 Å². The zero-order valence-electron chi connectivity index (χ0n) is 10.7. The maximum atomic E-state index is 11.1. The molecule has 0 aliphatic heterocycles. The largest absolute Gasteiger partial charge is 0.476 e. The molecule has 0 bridgehead atoms. The summed E-state index contributed by atoms with van der Waals surface area (Å²) in [6, 6.07) is 7.67. The van der Waals surface area contributed by atoms with Gasteiger partial charge in [0.15, 0.2) is 11.5 Å². The summed E-state index contributed by atoms with van der Waals surface area (Å²) < 4.78 is 7.06. The minimum absolute atomic E-state index is 0.189. The van der Waals surface area contributed by atoms with Gasteiger partial charge in [0.05, 0.1) is 12.2 Å². The maximum Gasteiger partial charge on any atom is 0.358 e. The summed E-state index contributed by atoms with van der Waals surface area (Å²) in [6.45, 7) is -0.441. The summed E-state index contributed by atoms with van der Waals surface area (Å²) >= 11 is 0. The van der Waals surface area contributed by atoms with E-state index in [1.165, 1.54) is 0 Å². The second-order valence-corrected chi connectivity index (χ2v) is 4.47. The second kappa shape index (κ2) is 4.50. The van der Waals surface area contributed by atoms with Crippen LogP contribution in [0.3, 0.4) is 0 Å². The quantitative estimate of drug-likeness (QED) is 0.761. The third kappa shape index (κ3) is 1.70. The average Bonchev–Trinajstić information content (AvgIpc) is 3.00. The summed E-state index contributed by atoms with van der Waals surface area (Å²) in [6.07, 6.45) is 1.83. The number of aromatic carboxylic acids is 1. The van der Waals surface area contributed by atoms with Crippen LogP contribution in [-0.2, 0) is 13.7 Å². The summed E-state index contributed by atoms with van der Waals surface area (Å²) in [5, 5.41) is 22.9. The van der Waals surface area contributed by atoms with Gasteiger partial charge in [0.25, 0.3) is 0 Å². The molecule has 0 fully saturated rings. The van der Waals surface area contributed by atoms with E-state index >= 15 is 0 Å². The van der Waals surface area contributed by atoms with Crippen LogP contribution in [0.15, 0.2) is 35.0 Å². The van der Waals surface area contributed by atoms with E-state index in [1.54, 1.807) is 0 Å². The van der Waals surface area contributed by atoms with Crippen LogP contribution in [-0.4, -0.2) is 25.9 Å². The molecule has 102 valence electrons. The number of benzene rings is 1. The van der Waals surface area contributed by atoms with Gasteiger partial charge in [-0.3, -0.25) is 0 Å². The number of hydrogen-bond acceptors (Lipinski definition) is 4. The maximum absolute atomic E-state index is 11.1. The molecule has 0 atom stereocenters. The smallest absolute Gasteiger partial charge is 0.358 e. The second-order valence-electron chi connectivity index (χ2n) is 4.47. The number of carboxylic acid groups (broad SMARTS) is 1. The highest BCUT2D eigenvalue weighted by molar-refractivity contribution is 5.97. The zero-order chi connectivity index (χ0) is 14.3. The van der Waals surface area contributed by atoms with Crippen molar-refractivity contribution < 1.29 is 19.5 Å². The van der Waals surface area contributed by atoms with Crippen molar-refractivity contribution in [1.29, 1.82) is 0 Å². The van der Waals surface area contributed by atoms with E-state index in [0.717, 1.165) is 10.9 Å². The van der Waals surface area contributed by atoms with Gasteiger partial charge in [-0.05, 0) is 6.07 Å². The number of aryl methyl sites for hydroxylation is 1. The van der Waals surface area contributed by atoms with Crippen molar-refractivity contribution in [1.82, 2.24) is 9.72 Å². The number of aliphatic hydroxyl groups excluding tert-OH is 1. The monoisotopic (exact) mass is 272 g/mol. The molecule has 6 heteroatoms. The van der Waals surface area contributed by atoms with E-state index in [0.29, 0.717) is 11.3 Å².